The molecule has 0 N–H and O–H groups in total. The second-order valence-corrected chi connectivity index (χ2v) is 28.9. The van der Waals surface area contributed by atoms with Crippen LogP contribution in [0.25, 0.3) is 87.6 Å². The van der Waals surface area contributed by atoms with Crippen LogP contribution in [0.1, 0.15) is 135 Å². The number of hydrogen-bond donors (Lipinski definition) is 0. The van der Waals surface area contributed by atoms with Gasteiger partial charge in [0.05, 0.1) is 0 Å². The molecule has 3 aliphatic heterocycles. The largest absolute Gasteiger partial charge is 0.118 e. The molecule has 0 radical (unpaired) electrons. The Morgan fingerprint density at radius 3 is 1.11 bits per heavy atom. The van der Waals surface area contributed by atoms with Gasteiger partial charge in [0.2, 0.25) is 0 Å². The Labute approximate surface area is 433 Å². The SMILES string of the molecule is CC12CCCCC1(C)c1cc(-c3cc(-c4ccc5c(c4)C4(C)CCCCC4(C)S5)c4ccc5c(-c6cccc7ccccc67)cc(-c6ccc7c(c6)C6(C)CCCCC6(C)S7)c6ccc3c4c65)ccc1S2. The Morgan fingerprint density at radius 2 is 0.676 bits per heavy atom. The Morgan fingerprint density at radius 1 is 0.310 bits per heavy atom. The molecule has 9 aromatic carbocycles. The monoisotopic (exact) mass is 976 g/mol. The summed E-state index contributed by atoms with van der Waals surface area (Å²) in [6, 6.07) is 54.1. The van der Waals surface area contributed by atoms with Gasteiger partial charge < -0.3 is 0 Å². The van der Waals surface area contributed by atoms with E-state index in [1.54, 1.807) is 16.7 Å². The number of benzene rings is 9. The van der Waals surface area contributed by atoms with Crippen LogP contribution in [-0.4, -0.2) is 14.2 Å². The van der Waals surface area contributed by atoms with E-state index in [2.05, 4.69) is 210 Å². The molecular formula is C68H64S3. The van der Waals surface area contributed by atoms with Crippen molar-refractivity contribution in [3.63, 3.8) is 0 Å². The summed E-state index contributed by atoms with van der Waals surface area (Å²) in [5.74, 6) is 0. The first-order valence-corrected chi connectivity index (χ1v) is 29.6. The first-order chi connectivity index (χ1) is 34.3. The summed E-state index contributed by atoms with van der Waals surface area (Å²) in [5, 5.41) is 10.8. The van der Waals surface area contributed by atoms with Crippen LogP contribution in [0.5, 0.6) is 0 Å². The molecular weight excluding hydrogens is 913 g/mol. The molecule has 0 saturated heterocycles. The van der Waals surface area contributed by atoms with E-state index >= 15 is 0 Å². The van der Waals surface area contributed by atoms with E-state index in [4.69, 9.17) is 0 Å². The van der Waals surface area contributed by atoms with Gasteiger partial charge in [-0.1, -0.05) is 144 Å². The van der Waals surface area contributed by atoms with Gasteiger partial charge in [0.25, 0.3) is 0 Å². The van der Waals surface area contributed by atoms with Crippen LogP contribution in [-0.2, 0) is 16.2 Å². The Hall–Kier alpha value is -4.67. The van der Waals surface area contributed by atoms with Gasteiger partial charge >= 0.3 is 0 Å². The van der Waals surface area contributed by atoms with E-state index < -0.39 is 0 Å². The van der Waals surface area contributed by atoms with Crippen molar-refractivity contribution in [2.75, 3.05) is 0 Å². The van der Waals surface area contributed by atoms with Gasteiger partial charge in [-0.05, 0) is 212 Å². The first kappa shape index (κ1) is 43.9. The number of fused-ring (bicyclic) bond motifs is 10. The van der Waals surface area contributed by atoms with Crippen molar-refractivity contribution >= 4 is 78.4 Å². The third-order valence-corrected chi connectivity index (χ3v) is 25.9. The lowest BCUT2D eigenvalue weighted by Crippen LogP contribution is -2.43. The maximum atomic E-state index is 2.65. The minimum atomic E-state index is 0.161. The summed E-state index contributed by atoms with van der Waals surface area (Å²) in [4.78, 5) is 4.49. The van der Waals surface area contributed by atoms with E-state index in [9.17, 15) is 0 Å². The van der Waals surface area contributed by atoms with Gasteiger partial charge in [-0.15, -0.1) is 35.3 Å². The summed E-state index contributed by atoms with van der Waals surface area (Å²) in [6.07, 6.45) is 15.6. The van der Waals surface area contributed by atoms with Crippen molar-refractivity contribution in [2.45, 2.75) is 164 Å². The summed E-state index contributed by atoms with van der Waals surface area (Å²) in [6.45, 7) is 15.5. The van der Waals surface area contributed by atoms with E-state index in [1.165, 1.54) is 179 Å². The average molecular weight is 977 g/mol. The molecule has 3 heteroatoms. The van der Waals surface area contributed by atoms with E-state index in [0.717, 1.165) is 0 Å². The Bertz CT molecular complexity index is 3660. The topological polar surface area (TPSA) is 0 Å². The lowest BCUT2D eigenvalue weighted by atomic mass is 9.64. The molecule has 9 aromatic rings. The number of rotatable bonds is 4. The second-order valence-electron chi connectivity index (χ2n) is 24.3. The highest BCUT2D eigenvalue weighted by Gasteiger charge is 2.56. The Balaban J connectivity index is 1.04. The van der Waals surface area contributed by atoms with Crippen LogP contribution in [0.4, 0.5) is 0 Å². The van der Waals surface area contributed by atoms with Crippen LogP contribution >= 0.6 is 35.3 Å². The third-order valence-electron chi connectivity index (χ3n) is 20.9. The highest BCUT2D eigenvalue weighted by atomic mass is 32.2. The quantitative estimate of drug-likeness (QED) is 0.161. The molecule has 15 rings (SSSR count). The van der Waals surface area contributed by atoms with Crippen molar-refractivity contribution in [1.82, 2.24) is 0 Å². The van der Waals surface area contributed by atoms with Crippen molar-refractivity contribution in [2.24, 2.45) is 0 Å². The molecule has 0 nitrogen and oxygen atoms in total. The van der Waals surface area contributed by atoms with E-state index in [0.29, 0.717) is 0 Å². The van der Waals surface area contributed by atoms with Gasteiger partial charge in [-0.2, -0.15) is 0 Å². The molecule has 0 bridgehead atoms. The van der Waals surface area contributed by atoms with Gasteiger partial charge in [-0.25, -0.2) is 0 Å². The fraction of sp³-hybridized carbons (Fsp3) is 0.353. The fourth-order valence-corrected chi connectivity index (χ4v) is 21.1. The van der Waals surface area contributed by atoms with Gasteiger partial charge in [0, 0.05) is 45.2 Å². The zero-order valence-corrected chi connectivity index (χ0v) is 44.9. The molecule has 3 saturated carbocycles. The van der Waals surface area contributed by atoms with Crippen LogP contribution < -0.4 is 0 Å². The van der Waals surface area contributed by atoms with Crippen molar-refractivity contribution in [3.8, 4) is 44.5 Å². The first-order valence-electron chi connectivity index (χ1n) is 27.1. The predicted molar refractivity (Wildman–Crippen MR) is 310 cm³/mol. The van der Waals surface area contributed by atoms with Gasteiger partial charge in [0.1, 0.15) is 0 Å². The van der Waals surface area contributed by atoms with Crippen LogP contribution in [0.2, 0.25) is 0 Å². The minimum Gasteiger partial charge on any atom is -0.118 e. The summed E-state index contributed by atoms with van der Waals surface area (Å²) in [5.41, 5.74) is 16.0. The summed E-state index contributed by atoms with van der Waals surface area (Å²) in [7, 11) is 0. The smallest absolute Gasteiger partial charge is 0.0273 e. The molecule has 0 aromatic heterocycles. The zero-order chi connectivity index (χ0) is 47.9. The molecule has 3 heterocycles. The maximum Gasteiger partial charge on any atom is 0.0273 e. The summed E-state index contributed by atoms with van der Waals surface area (Å²) < 4.78 is 0.718. The maximum absolute atomic E-state index is 2.65. The zero-order valence-electron chi connectivity index (χ0n) is 42.4. The average Bonchev–Trinajstić information content (AvgIpc) is 3.88. The van der Waals surface area contributed by atoms with Gasteiger partial charge in [-0.3, -0.25) is 0 Å². The molecule has 71 heavy (non-hydrogen) atoms. The molecule has 0 spiro atoms. The lowest BCUT2D eigenvalue weighted by molar-refractivity contribution is 0.260. The summed E-state index contributed by atoms with van der Waals surface area (Å²) >= 11 is 6.49. The Kier molecular flexibility index (Phi) is 9.26. The highest BCUT2D eigenvalue weighted by molar-refractivity contribution is 8.01. The fourth-order valence-electron chi connectivity index (χ4n) is 16.0. The standard InChI is InChI=1S/C68H64S3/c1-63-30-9-12-33-66(63,4)69-58-27-20-42(36-55(58)63)51-39-52(43-21-28-59-56(37-43)64(2)31-10-13-34-67(64,5)70-59)48-25-26-50-54(46-19-15-17-41-16-7-8-18-45(41)46)40-53(49-24-23-47(51)61(48)62(49)50)44-22-29-60-57(38-44)65(3)32-11-14-35-68(65,6)71-60/h7-8,15-29,36-40H,9-14,30-35H2,1-6H3. The van der Waals surface area contributed by atoms with Gasteiger partial charge in [0.15, 0.2) is 0 Å². The van der Waals surface area contributed by atoms with Crippen LogP contribution in [0, 0.1) is 0 Å². The molecule has 6 aliphatic rings. The third kappa shape index (κ3) is 5.81. The normalized spacial score (nSPS) is 29.6. The van der Waals surface area contributed by atoms with Crippen LogP contribution in [0.3, 0.4) is 0 Å². The second kappa shape index (κ2) is 15.0. The molecule has 3 aliphatic carbocycles. The van der Waals surface area contributed by atoms with Crippen molar-refractivity contribution < 1.29 is 0 Å². The van der Waals surface area contributed by atoms with E-state index in [1.807, 2.05) is 0 Å². The molecule has 6 unspecified atom stereocenters. The van der Waals surface area contributed by atoms with E-state index in [-0.39, 0.29) is 30.5 Å². The van der Waals surface area contributed by atoms with Crippen molar-refractivity contribution in [1.29, 1.82) is 0 Å². The molecule has 6 atom stereocenters. The number of thioether (sulfide) groups is 3. The lowest BCUT2D eigenvalue weighted by Gasteiger charge is -2.45. The minimum absolute atomic E-state index is 0.161. The molecule has 354 valence electrons. The van der Waals surface area contributed by atoms with Crippen molar-refractivity contribution in [3.05, 3.63) is 150 Å². The highest BCUT2D eigenvalue weighted by Crippen LogP contribution is 2.66. The van der Waals surface area contributed by atoms with Crippen LogP contribution in [0.15, 0.2) is 148 Å². The molecule has 0 amide bonds. The number of hydrogen-bond acceptors (Lipinski definition) is 3. The molecule has 3 fully saturated rings. The predicted octanol–water partition coefficient (Wildman–Crippen LogP) is 20.5.